The SMILES string of the molecule is C=CCN1C(=O)[C@@]2(c3ccccc31)c1c(oc3ccc(C)cc3c1=O)C(=O)N2C[C@@H]1CCCO1. The molecule has 0 aliphatic carbocycles. The zero-order valence-corrected chi connectivity index (χ0v) is 18.9. The first kappa shape index (κ1) is 20.9. The molecule has 3 aliphatic rings. The Balaban J connectivity index is 1.70. The molecular formula is C27H24N2O5. The highest BCUT2D eigenvalue weighted by Crippen LogP contribution is 2.52. The maximum atomic E-state index is 14.3. The van der Waals surface area contributed by atoms with Crippen molar-refractivity contribution in [1.82, 2.24) is 4.90 Å². The maximum Gasteiger partial charge on any atom is 0.291 e. The molecule has 7 nitrogen and oxygen atoms in total. The number of rotatable bonds is 4. The topological polar surface area (TPSA) is 80.1 Å². The molecule has 34 heavy (non-hydrogen) atoms. The molecule has 1 saturated heterocycles. The van der Waals surface area contributed by atoms with Crippen molar-refractivity contribution < 1.29 is 18.7 Å². The number of carbonyl (C=O) groups is 2. The molecule has 2 amide bonds. The first-order chi connectivity index (χ1) is 16.5. The van der Waals surface area contributed by atoms with E-state index >= 15 is 0 Å². The molecule has 1 aromatic heterocycles. The van der Waals surface area contributed by atoms with Gasteiger partial charge in [-0.1, -0.05) is 35.9 Å². The van der Waals surface area contributed by atoms with Gasteiger partial charge in [-0.25, -0.2) is 0 Å². The molecule has 0 radical (unpaired) electrons. The zero-order chi connectivity index (χ0) is 23.6. The Morgan fingerprint density at radius 2 is 2.00 bits per heavy atom. The first-order valence-corrected chi connectivity index (χ1v) is 11.5. The standard InChI is InChI=1S/C27H24N2O5/c1-3-12-28-20-9-5-4-8-19(20)27(26(28)32)22-23(30)18-14-16(2)10-11-21(18)34-24(22)25(31)29(27)15-17-7-6-13-33-17/h3-5,8-11,14,17H,1,6-7,12-13,15H2,2H3/t17-,27+/m0/s1. The molecule has 2 atom stereocenters. The van der Waals surface area contributed by atoms with E-state index in [-0.39, 0.29) is 41.9 Å². The third-order valence-corrected chi connectivity index (χ3v) is 7.11. The van der Waals surface area contributed by atoms with Crippen LogP contribution in [0, 0.1) is 6.92 Å². The fraction of sp³-hybridized carbons (Fsp3) is 0.296. The minimum absolute atomic E-state index is 0.0667. The van der Waals surface area contributed by atoms with E-state index in [1.807, 2.05) is 37.3 Å². The van der Waals surface area contributed by atoms with Gasteiger partial charge in [0, 0.05) is 25.3 Å². The minimum Gasteiger partial charge on any atom is -0.450 e. The average Bonchev–Trinajstić information content (AvgIpc) is 3.50. The fourth-order valence-electron chi connectivity index (χ4n) is 5.66. The normalized spacial score (nSPS) is 23.3. The van der Waals surface area contributed by atoms with Crippen LogP contribution >= 0.6 is 0 Å². The van der Waals surface area contributed by atoms with Gasteiger partial charge in [0.2, 0.25) is 5.76 Å². The van der Waals surface area contributed by atoms with Gasteiger partial charge in [-0.15, -0.1) is 6.58 Å². The third kappa shape index (κ3) is 2.58. The molecule has 0 N–H and O–H groups in total. The van der Waals surface area contributed by atoms with Gasteiger partial charge < -0.3 is 19.0 Å². The van der Waals surface area contributed by atoms with Crippen LogP contribution in [-0.2, 0) is 15.1 Å². The highest BCUT2D eigenvalue weighted by molar-refractivity contribution is 6.17. The van der Waals surface area contributed by atoms with Gasteiger partial charge in [0.15, 0.2) is 11.0 Å². The van der Waals surface area contributed by atoms with Crippen molar-refractivity contribution in [1.29, 1.82) is 0 Å². The van der Waals surface area contributed by atoms with Gasteiger partial charge in [0.1, 0.15) is 5.58 Å². The summed E-state index contributed by atoms with van der Waals surface area (Å²) in [7, 11) is 0. The number of nitrogens with zero attached hydrogens (tertiary/aromatic N) is 2. The molecule has 0 saturated carbocycles. The Morgan fingerprint density at radius 3 is 2.76 bits per heavy atom. The van der Waals surface area contributed by atoms with Crippen LogP contribution in [0.5, 0.6) is 0 Å². The van der Waals surface area contributed by atoms with Crippen LogP contribution in [-0.4, -0.2) is 42.5 Å². The van der Waals surface area contributed by atoms with Crippen molar-refractivity contribution in [2.75, 3.05) is 24.6 Å². The largest absolute Gasteiger partial charge is 0.450 e. The lowest BCUT2D eigenvalue weighted by Crippen LogP contribution is -2.55. The lowest BCUT2D eigenvalue weighted by atomic mass is 9.83. The monoisotopic (exact) mass is 456 g/mol. The van der Waals surface area contributed by atoms with Crippen LogP contribution in [0.4, 0.5) is 5.69 Å². The smallest absolute Gasteiger partial charge is 0.291 e. The van der Waals surface area contributed by atoms with Gasteiger partial charge in [0.25, 0.3) is 11.8 Å². The predicted octanol–water partition coefficient (Wildman–Crippen LogP) is 3.51. The number of benzene rings is 2. The van der Waals surface area contributed by atoms with Crippen molar-refractivity contribution in [3.63, 3.8) is 0 Å². The van der Waals surface area contributed by atoms with Crippen molar-refractivity contribution in [3.05, 3.63) is 87.8 Å². The van der Waals surface area contributed by atoms with E-state index < -0.39 is 11.4 Å². The van der Waals surface area contributed by atoms with E-state index in [9.17, 15) is 14.4 Å². The second kappa shape index (κ2) is 7.40. The summed E-state index contributed by atoms with van der Waals surface area (Å²) >= 11 is 0. The molecule has 0 bridgehead atoms. The van der Waals surface area contributed by atoms with Gasteiger partial charge in [-0.3, -0.25) is 14.4 Å². The number of para-hydroxylation sites is 1. The number of hydrogen-bond donors (Lipinski definition) is 0. The molecule has 3 aromatic rings. The Morgan fingerprint density at radius 1 is 1.18 bits per heavy atom. The molecule has 4 heterocycles. The predicted molar refractivity (Wildman–Crippen MR) is 127 cm³/mol. The van der Waals surface area contributed by atoms with E-state index in [0.717, 1.165) is 18.4 Å². The summed E-state index contributed by atoms with van der Waals surface area (Å²) in [5, 5.41) is 0.359. The van der Waals surface area contributed by atoms with Crippen molar-refractivity contribution in [2.24, 2.45) is 0 Å². The molecule has 172 valence electrons. The van der Waals surface area contributed by atoms with E-state index in [1.54, 1.807) is 23.1 Å². The second-order valence-electron chi connectivity index (χ2n) is 9.12. The second-order valence-corrected chi connectivity index (χ2v) is 9.12. The zero-order valence-electron chi connectivity index (χ0n) is 18.9. The van der Waals surface area contributed by atoms with Crippen LogP contribution in [0.2, 0.25) is 0 Å². The van der Waals surface area contributed by atoms with Gasteiger partial charge in [-0.2, -0.15) is 0 Å². The lowest BCUT2D eigenvalue weighted by molar-refractivity contribution is -0.126. The van der Waals surface area contributed by atoms with Gasteiger partial charge in [0.05, 0.1) is 22.7 Å². The minimum atomic E-state index is -1.60. The van der Waals surface area contributed by atoms with Gasteiger partial charge >= 0.3 is 0 Å². The molecule has 6 rings (SSSR count). The van der Waals surface area contributed by atoms with E-state index in [2.05, 4.69) is 6.58 Å². The van der Waals surface area contributed by atoms with E-state index in [1.165, 1.54) is 4.90 Å². The highest BCUT2D eigenvalue weighted by atomic mass is 16.5. The van der Waals surface area contributed by atoms with Crippen LogP contribution < -0.4 is 10.3 Å². The number of fused-ring (bicyclic) bond motifs is 5. The Hall–Kier alpha value is -3.71. The summed E-state index contributed by atoms with van der Waals surface area (Å²) in [6, 6.07) is 12.6. The highest BCUT2D eigenvalue weighted by Gasteiger charge is 2.65. The number of hydrogen-bond acceptors (Lipinski definition) is 5. The van der Waals surface area contributed by atoms with Crippen LogP contribution in [0.3, 0.4) is 0 Å². The summed E-state index contributed by atoms with van der Waals surface area (Å²) in [4.78, 5) is 45.3. The van der Waals surface area contributed by atoms with Crippen molar-refractivity contribution in [2.45, 2.75) is 31.4 Å². The lowest BCUT2D eigenvalue weighted by Gasteiger charge is -2.35. The number of anilines is 1. The number of amides is 2. The van der Waals surface area contributed by atoms with Crippen LogP contribution in [0.15, 0.2) is 64.3 Å². The fourth-order valence-corrected chi connectivity index (χ4v) is 5.66. The van der Waals surface area contributed by atoms with Crippen molar-refractivity contribution in [3.8, 4) is 0 Å². The first-order valence-electron chi connectivity index (χ1n) is 11.5. The molecule has 0 unspecified atom stereocenters. The number of ether oxygens (including phenoxy) is 1. The van der Waals surface area contributed by atoms with E-state index in [0.29, 0.717) is 28.8 Å². The number of aryl methyl sites for hydroxylation is 1. The molecule has 7 heteroatoms. The molecule has 2 aromatic carbocycles. The molecule has 1 fully saturated rings. The molecule has 1 spiro atoms. The Bertz CT molecular complexity index is 1430. The summed E-state index contributed by atoms with van der Waals surface area (Å²) in [6.07, 6.45) is 3.10. The summed E-state index contributed by atoms with van der Waals surface area (Å²) in [6.45, 7) is 6.75. The maximum absolute atomic E-state index is 14.3. The van der Waals surface area contributed by atoms with Crippen LogP contribution in [0.25, 0.3) is 11.0 Å². The Labute approximate surface area is 196 Å². The Kier molecular flexibility index (Phi) is 4.54. The molecular weight excluding hydrogens is 432 g/mol. The van der Waals surface area contributed by atoms with Crippen molar-refractivity contribution >= 4 is 28.5 Å². The molecule has 3 aliphatic heterocycles. The van der Waals surface area contributed by atoms with E-state index in [4.69, 9.17) is 9.15 Å². The summed E-state index contributed by atoms with van der Waals surface area (Å²) < 4.78 is 11.9. The third-order valence-electron chi connectivity index (χ3n) is 7.11. The average molecular weight is 456 g/mol. The van der Waals surface area contributed by atoms with Gasteiger partial charge in [-0.05, 0) is 38.0 Å². The quantitative estimate of drug-likeness (QED) is 0.562. The van der Waals surface area contributed by atoms with Crippen LogP contribution in [0.1, 0.15) is 40.1 Å². The summed E-state index contributed by atoms with van der Waals surface area (Å²) in [5.41, 5.74) is 0.625. The summed E-state index contributed by atoms with van der Waals surface area (Å²) in [5.74, 6) is -0.880. The number of carbonyl (C=O) groups excluding carboxylic acids is 2.